The topological polar surface area (TPSA) is 73.7 Å². The molecule has 0 bridgehead atoms. The molecule has 0 aliphatic carbocycles. The van der Waals surface area contributed by atoms with Crippen molar-refractivity contribution in [3.8, 4) is 0 Å². The zero-order valence-electron chi connectivity index (χ0n) is 9.48. The molecule has 0 aromatic carbocycles. The van der Waals surface area contributed by atoms with Gasteiger partial charge in [-0.3, -0.25) is 0 Å². The predicted octanol–water partition coefficient (Wildman–Crippen LogP) is 1.79. The SMILES string of the molecule is O=C(O)c1cc(N(CCO)CC(F)(F)F)ncc1Cl. The second kappa shape index (κ2) is 6.07. The van der Waals surface area contributed by atoms with Crippen molar-refractivity contribution in [2.45, 2.75) is 6.18 Å². The molecule has 0 radical (unpaired) electrons. The van der Waals surface area contributed by atoms with Crippen LogP contribution in [0.25, 0.3) is 0 Å². The maximum atomic E-state index is 12.4. The largest absolute Gasteiger partial charge is 0.478 e. The van der Waals surface area contributed by atoms with Gasteiger partial charge in [-0.1, -0.05) is 11.6 Å². The van der Waals surface area contributed by atoms with Gasteiger partial charge in [-0.2, -0.15) is 13.2 Å². The van der Waals surface area contributed by atoms with E-state index in [2.05, 4.69) is 4.98 Å². The number of aromatic carboxylic acids is 1. The zero-order valence-corrected chi connectivity index (χ0v) is 10.2. The fraction of sp³-hybridized carbons (Fsp3) is 0.400. The summed E-state index contributed by atoms with van der Waals surface area (Å²) in [4.78, 5) is 15.2. The Morgan fingerprint density at radius 1 is 1.47 bits per heavy atom. The van der Waals surface area contributed by atoms with Gasteiger partial charge in [0, 0.05) is 12.7 Å². The van der Waals surface area contributed by atoms with Crippen LogP contribution < -0.4 is 4.90 Å². The van der Waals surface area contributed by atoms with Crippen LogP contribution in [0.3, 0.4) is 0 Å². The monoisotopic (exact) mass is 298 g/mol. The number of aliphatic hydroxyl groups is 1. The molecule has 0 aliphatic heterocycles. The van der Waals surface area contributed by atoms with Crippen molar-refractivity contribution < 1.29 is 28.2 Å². The number of alkyl halides is 3. The third-order valence-electron chi connectivity index (χ3n) is 2.14. The van der Waals surface area contributed by atoms with E-state index in [4.69, 9.17) is 21.8 Å². The molecule has 0 saturated carbocycles. The molecular formula is C10H10ClF3N2O3. The predicted molar refractivity (Wildman–Crippen MR) is 61.6 cm³/mol. The van der Waals surface area contributed by atoms with Crippen LogP contribution >= 0.6 is 11.6 Å². The molecule has 0 amide bonds. The van der Waals surface area contributed by atoms with Crippen LogP contribution in [0.2, 0.25) is 5.02 Å². The van der Waals surface area contributed by atoms with Gasteiger partial charge in [0.05, 0.1) is 17.2 Å². The van der Waals surface area contributed by atoms with Crippen LogP contribution in [0.5, 0.6) is 0 Å². The van der Waals surface area contributed by atoms with Gasteiger partial charge in [0.1, 0.15) is 12.4 Å². The van der Waals surface area contributed by atoms with E-state index >= 15 is 0 Å². The Morgan fingerprint density at radius 2 is 2.11 bits per heavy atom. The Labute approximate surface area is 111 Å². The fourth-order valence-corrected chi connectivity index (χ4v) is 1.56. The van der Waals surface area contributed by atoms with Crippen molar-refractivity contribution in [3.63, 3.8) is 0 Å². The average molecular weight is 299 g/mol. The van der Waals surface area contributed by atoms with Gasteiger partial charge in [-0.05, 0) is 6.07 Å². The molecule has 106 valence electrons. The van der Waals surface area contributed by atoms with Gasteiger partial charge in [-0.15, -0.1) is 0 Å². The van der Waals surface area contributed by atoms with E-state index in [1.807, 2.05) is 0 Å². The van der Waals surface area contributed by atoms with E-state index in [1.165, 1.54) is 0 Å². The number of halogens is 4. The highest BCUT2D eigenvalue weighted by atomic mass is 35.5. The van der Waals surface area contributed by atoms with Crippen molar-refractivity contribution in [3.05, 3.63) is 22.8 Å². The number of anilines is 1. The first-order chi connectivity index (χ1) is 8.74. The van der Waals surface area contributed by atoms with E-state index in [0.717, 1.165) is 17.2 Å². The second-order valence-electron chi connectivity index (χ2n) is 3.59. The quantitative estimate of drug-likeness (QED) is 0.867. The van der Waals surface area contributed by atoms with Crippen molar-refractivity contribution >= 4 is 23.4 Å². The molecule has 0 unspecified atom stereocenters. The molecule has 19 heavy (non-hydrogen) atoms. The van der Waals surface area contributed by atoms with Crippen molar-refractivity contribution in [2.75, 3.05) is 24.6 Å². The fourth-order valence-electron chi connectivity index (χ4n) is 1.38. The number of rotatable bonds is 5. The van der Waals surface area contributed by atoms with Gasteiger partial charge < -0.3 is 15.1 Å². The highest BCUT2D eigenvalue weighted by molar-refractivity contribution is 6.33. The highest BCUT2D eigenvalue weighted by Gasteiger charge is 2.31. The summed E-state index contributed by atoms with van der Waals surface area (Å²) in [6.07, 6.45) is -3.54. The molecule has 1 aromatic heterocycles. The summed E-state index contributed by atoms with van der Waals surface area (Å²) in [5.74, 6) is -1.59. The van der Waals surface area contributed by atoms with Crippen LogP contribution in [-0.4, -0.2) is 47.0 Å². The summed E-state index contributed by atoms with van der Waals surface area (Å²) >= 11 is 5.57. The molecule has 0 saturated heterocycles. The number of carboxylic acid groups (broad SMARTS) is 1. The number of hydrogen-bond donors (Lipinski definition) is 2. The second-order valence-corrected chi connectivity index (χ2v) is 4.00. The molecule has 5 nitrogen and oxygen atoms in total. The Morgan fingerprint density at radius 3 is 2.58 bits per heavy atom. The minimum Gasteiger partial charge on any atom is -0.478 e. The lowest BCUT2D eigenvalue weighted by atomic mass is 10.2. The van der Waals surface area contributed by atoms with Crippen LogP contribution in [0.15, 0.2) is 12.3 Å². The summed E-state index contributed by atoms with van der Waals surface area (Å²) in [5.41, 5.74) is -0.350. The van der Waals surface area contributed by atoms with Crippen LogP contribution in [0.1, 0.15) is 10.4 Å². The Hall–Kier alpha value is -1.54. The third-order valence-corrected chi connectivity index (χ3v) is 2.44. The first-order valence-electron chi connectivity index (χ1n) is 5.06. The van der Waals surface area contributed by atoms with E-state index in [-0.39, 0.29) is 22.9 Å². The lowest BCUT2D eigenvalue weighted by Gasteiger charge is -2.24. The normalized spacial score (nSPS) is 11.4. The van der Waals surface area contributed by atoms with E-state index in [1.54, 1.807) is 0 Å². The molecule has 1 heterocycles. The van der Waals surface area contributed by atoms with Gasteiger partial charge in [-0.25, -0.2) is 9.78 Å². The maximum absolute atomic E-state index is 12.4. The highest BCUT2D eigenvalue weighted by Crippen LogP contribution is 2.24. The molecule has 0 fully saturated rings. The van der Waals surface area contributed by atoms with Crippen LogP contribution in [0, 0.1) is 0 Å². The molecule has 0 atom stereocenters. The summed E-state index contributed by atoms with van der Waals surface area (Å²) in [6, 6.07) is 0.937. The molecule has 0 aliphatic rings. The number of pyridine rings is 1. The first kappa shape index (κ1) is 15.5. The van der Waals surface area contributed by atoms with Gasteiger partial charge in [0.15, 0.2) is 0 Å². The van der Waals surface area contributed by atoms with Crippen LogP contribution in [-0.2, 0) is 0 Å². The van der Waals surface area contributed by atoms with Crippen molar-refractivity contribution in [2.24, 2.45) is 0 Å². The number of aliphatic hydroxyl groups excluding tert-OH is 1. The van der Waals surface area contributed by atoms with Gasteiger partial charge >= 0.3 is 12.1 Å². The average Bonchev–Trinajstić information content (AvgIpc) is 2.27. The summed E-state index contributed by atoms with van der Waals surface area (Å²) < 4.78 is 37.1. The Kier molecular flexibility index (Phi) is 4.96. The Bertz CT molecular complexity index is 468. The summed E-state index contributed by atoms with van der Waals surface area (Å²) in [6.45, 7) is -2.20. The first-order valence-corrected chi connectivity index (χ1v) is 5.44. The minimum absolute atomic E-state index is 0.174. The molecular weight excluding hydrogens is 289 g/mol. The molecule has 2 N–H and O–H groups in total. The number of aromatic nitrogens is 1. The van der Waals surface area contributed by atoms with Gasteiger partial charge in [0.2, 0.25) is 0 Å². The zero-order chi connectivity index (χ0) is 14.6. The van der Waals surface area contributed by atoms with E-state index < -0.39 is 25.3 Å². The summed E-state index contributed by atoms with van der Waals surface area (Å²) in [5, 5.41) is 17.4. The van der Waals surface area contributed by atoms with Crippen molar-refractivity contribution in [1.29, 1.82) is 0 Å². The summed E-state index contributed by atoms with van der Waals surface area (Å²) in [7, 11) is 0. The minimum atomic E-state index is -4.50. The van der Waals surface area contributed by atoms with E-state index in [9.17, 15) is 18.0 Å². The third kappa shape index (κ3) is 4.56. The molecule has 0 spiro atoms. The lowest BCUT2D eigenvalue weighted by molar-refractivity contribution is -0.120. The van der Waals surface area contributed by atoms with Gasteiger partial charge in [0.25, 0.3) is 0 Å². The Balaban J connectivity index is 3.09. The smallest absolute Gasteiger partial charge is 0.405 e. The number of nitrogens with zero attached hydrogens (tertiary/aromatic N) is 2. The number of carboxylic acids is 1. The van der Waals surface area contributed by atoms with E-state index in [0.29, 0.717) is 0 Å². The number of hydrogen-bond acceptors (Lipinski definition) is 4. The molecule has 1 rings (SSSR count). The molecule has 9 heteroatoms. The number of carbonyl (C=O) groups is 1. The molecule has 1 aromatic rings. The van der Waals surface area contributed by atoms with Crippen molar-refractivity contribution in [1.82, 2.24) is 4.98 Å². The van der Waals surface area contributed by atoms with Crippen LogP contribution in [0.4, 0.5) is 19.0 Å². The maximum Gasteiger partial charge on any atom is 0.405 e. The lowest BCUT2D eigenvalue weighted by Crippen LogP contribution is -2.36. The standard InChI is InChI=1S/C10H10ClF3N2O3/c11-7-4-15-8(3-6(7)9(18)19)16(1-2-17)5-10(12,13)14/h3-4,17H,1-2,5H2,(H,18,19).